The van der Waals surface area contributed by atoms with Gasteiger partial charge in [-0.25, -0.2) is 0 Å². The molecule has 0 fully saturated rings. The van der Waals surface area contributed by atoms with Crippen LogP contribution in [-0.4, -0.2) is 18.3 Å². The minimum Gasteiger partial charge on any atom is -0.507 e. The molecule has 0 spiro atoms. The minimum atomic E-state index is 0.219. The number of rotatable bonds is 0. The maximum Gasteiger partial charge on any atom is 0.176 e. The third-order valence-corrected chi connectivity index (χ3v) is 2.95. The zero-order valence-electron chi connectivity index (χ0n) is 7.13. The lowest BCUT2D eigenvalue weighted by Crippen LogP contribution is -2.15. The highest BCUT2D eigenvalue weighted by Crippen LogP contribution is 2.43. The maximum atomic E-state index is 9.49. The molecule has 3 nitrogen and oxygen atoms in total. The van der Waals surface area contributed by atoms with Crippen LogP contribution >= 0.6 is 15.9 Å². The lowest BCUT2D eigenvalue weighted by Gasteiger charge is -2.20. The van der Waals surface area contributed by atoms with E-state index in [2.05, 4.69) is 15.9 Å². The lowest BCUT2D eigenvalue weighted by atomic mass is 10.2. The number of hydrogen-bond donors (Lipinski definition) is 1. The summed E-state index contributed by atoms with van der Waals surface area (Å²) in [5.41, 5.74) is 0.768. The second-order valence-electron chi connectivity index (χ2n) is 2.86. The van der Waals surface area contributed by atoms with Crippen LogP contribution < -0.4 is 9.47 Å². The highest BCUT2D eigenvalue weighted by molar-refractivity contribution is 9.10. The Balaban J connectivity index is 2.60. The Morgan fingerprint density at radius 3 is 2.85 bits per heavy atom. The first kappa shape index (κ1) is 8.69. The molecule has 1 aliphatic heterocycles. The fraction of sp³-hybridized carbons (Fsp3) is 0.333. The first-order chi connectivity index (χ1) is 6.20. The van der Waals surface area contributed by atoms with E-state index in [1.807, 2.05) is 6.92 Å². The van der Waals surface area contributed by atoms with E-state index in [9.17, 15) is 5.11 Å². The summed E-state index contributed by atoms with van der Waals surface area (Å²) in [4.78, 5) is 0. The molecule has 13 heavy (non-hydrogen) atoms. The van der Waals surface area contributed by atoms with E-state index in [-0.39, 0.29) is 5.75 Å². The third kappa shape index (κ3) is 1.35. The molecule has 0 aromatic heterocycles. The topological polar surface area (TPSA) is 38.7 Å². The summed E-state index contributed by atoms with van der Waals surface area (Å²) in [7, 11) is 0. The third-order valence-electron chi connectivity index (χ3n) is 1.99. The van der Waals surface area contributed by atoms with Crippen molar-refractivity contribution in [3.8, 4) is 17.2 Å². The summed E-state index contributed by atoms with van der Waals surface area (Å²) in [6.45, 7) is 2.90. The highest BCUT2D eigenvalue weighted by atomic mass is 79.9. The van der Waals surface area contributed by atoms with Crippen LogP contribution in [0.1, 0.15) is 5.56 Å². The van der Waals surface area contributed by atoms with Gasteiger partial charge in [0.2, 0.25) is 0 Å². The smallest absolute Gasteiger partial charge is 0.176 e. The predicted octanol–water partition coefficient (Wildman–Crippen LogP) is 2.23. The number of phenolic OH excluding ortho intramolecular Hbond substituents is 1. The Bertz CT molecular complexity index is 349. The molecule has 0 atom stereocenters. The van der Waals surface area contributed by atoms with Crippen molar-refractivity contribution in [2.45, 2.75) is 6.92 Å². The molecule has 0 saturated heterocycles. The van der Waals surface area contributed by atoms with Crippen molar-refractivity contribution in [3.63, 3.8) is 0 Å². The van der Waals surface area contributed by atoms with Gasteiger partial charge in [0.1, 0.15) is 19.0 Å². The van der Waals surface area contributed by atoms with Crippen molar-refractivity contribution < 1.29 is 14.6 Å². The van der Waals surface area contributed by atoms with Gasteiger partial charge >= 0.3 is 0 Å². The average Bonchev–Trinajstić information content (AvgIpc) is 2.15. The summed E-state index contributed by atoms with van der Waals surface area (Å²) in [6.07, 6.45) is 0. The van der Waals surface area contributed by atoms with Gasteiger partial charge in [-0.05, 0) is 22.9 Å². The maximum absolute atomic E-state index is 9.49. The van der Waals surface area contributed by atoms with Crippen LogP contribution in [0.5, 0.6) is 17.2 Å². The molecule has 4 heteroatoms. The Labute approximate surface area is 84.4 Å². The van der Waals surface area contributed by atoms with Gasteiger partial charge in [0.25, 0.3) is 0 Å². The van der Waals surface area contributed by atoms with E-state index >= 15 is 0 Å². The van der Waals surface area contributed by atoms with Crippen LogP contribution in [0.3, 0.4) is 0 Å². The fourth-order valence-electron chi connectivity index (χ4n) is 1.23. The van der Waals surface area contributed by atoms with Gasteiger partial charge in [0.15, 0.2) is 11.5 Å². The van der Waals surface area contributed by atoms with Crippen molar-refractivity contribution in [2.75, 3.05) is 13.2 Å². The molecule has 0 bridgehead atoms. The quantitative estimate of drug-likeness (QED) is 0.761. The second kappa shape index (κ2) is 3.10. The number of benzene rings is 1. The van der Waals surface area contributed by atoms with Gasteiger partial charge in [0.05, 0.1) is 4.47 Å². The lowest BCUT2D eigenvalue weighted by molar-refractivity contribution is 0.169. The summed E-state index contributed by atoms with van der Waals surface area (Å²) in [5, 5.41) is 9.49. The standard InChI is InChI=1S/C9H9BrO3/c1-5-6(11)4-7-9(8(5)10)13-3-2-12-7/h4,11H,2-3H2,1H3. The Morgan fingerprint density at radius 2 is 2.08 bits per heavy atom. The van der Waals surface area contributed by atoms with Gasteiger partial charge in [-0.2, -0.15) is 0 Å². The van der Waals surface area contributed by atoms with E-state index < -0.39 is 0 Å². The van der Waals surface area contributed by atoms with Crippen molar-refractivity contribution in [2.24, 2.45) is 0 Å². The largest absolute Gasteiger partial charge is 0.507 e. The number of aromatic hydroxyl groups is 1. The van der Waals surface area contributed by atoms with Crippen molar-refractivity contribution in [3.05, 3.63) is 16.1 Å². The molecule has 0 unspecified atom stereocenters. The first-order valence-electron chi connectivity index (χ1n) is 3.98. The van der Waals surface area contributed by atoms with E-state index in [1.54, 1.807) is 6.07 Å². The van der Waals surface area contributed by atoms with Gasteiger partial charge in [-0.15, -0.1) is 0 Å². The van der Waals surface area contributed by atoms with E-state index in [4.69, 9.17) is 9.47 Å². The highest BCUT2D eigenvalue weighted by Gasteiger charge is 2.18. The van der Waals surface area contributed by atoms with Crippen LogP contribution in [0, 0.1) is 6.92 Å². The monoisotopic (exact) mass is 244 g/mol. The average molecular weight is 245 g/mol. The zero-order chi connectivity index (χ0) is 9.42. The molecule has 0 saturated carbocycles. The second-order valence-corrected chi connectivity index (χ2v) is 3.65. The molecule has 1 N–H and O–H groups in total. The Hall–Kier alpha value is -0.900. The molecule has 1 aliphatic rings. The number of ether oxygens (including phenoxy) is 2. The molecule has 0 aliphatic carbocycles. The summed E-state index contributed by atoms with van der Waals surface area (Å²) < 4.78 is 11.5. The van der Waals surface area contributed by atoms with Crippen molar-refractivity contribution in [1.29, 1.82) is 0 Å². The molecule has 1 aromatic rings. The van der Waals surface area contributed by atoms with Crippen molar-refractivity contribution in [1.82, 2.24) is 0 Å². The van der Waals surface area contributed by atoms with Crippen LogP contribution in [0.25, 0.3) is 0 Å². The summed E-state index contributed by atoms with van der Waals surface area (Å²) in [6, 6.07) is 1.58. The number of fused-ring (bicyclic) bond motifs is 1. The van der Waals surface area contributed by atoms with E-state index in [0.717, 1.165) is 10.0 Å². The molecule has 2 rings (SSSR count). The molecule has 1 heterocycles. The summed E-state index contributed by atoms with van der Waals surface area (Å²) in [5.74, 6) is 1.50. The minimum absolute atomic E-state index is 0.219. The number of halogens is 1. The summed E-state index contributed by atoms with van der Waals surface area (Å²) >= 11 is 3.35. The van der Waals surface area contributed by atoms with Crippen LogP contribution in [0.2, 0.25) is 0 Å². The first-order valence-corrected chi connectivity index (χ1v) is 4.77. The molecular formula is C9H9BrO3. The van der Waals surface area contributed by atoms with Crippen LogP contribution in [0.4, 0.5) is 0 Å². The molecular weight excluding hydrogens is 236 g/mol. The zero-order valence-corrected chi connectivity index (χ0v) is 8.72. The van der Waals surface area contributed by atoms with Crippen LogP contribution in [0.15, 0.2) is 10.5 Å². The molecule has 0 amide bonds. The SMILES string of the molecule is Cc1c(O)cc2c(c1Br)OCCO2. The number of hydrogen-bond acceptors (Lipinski definition) is 3. The van der Waals surface area contributed by atoms with Gasteiger partial charge in [0, 0.05) is 11.6 Å². The normalized spacial score (nSPS) is 14.3. The number of phenols is 1. The molecule has 70 valence electrons. The van der Waals surface area contributed by atoms with E-state index in [1.165, 1.54) is 0 Å². The van der Waals surface area contributed by atoms with Gasteiger partial charge < -0.3 is 14.6 Å². The van der Waals surface area contributed by atoms with Gasteiger partial charge in [-0.3, -0.25) is 0 Å². The van der Waals surface area contributed by atoms with Crippen molar-refractivity contribution >= 4 is 15.9 Å². The van der Waals surface area contributed by atoms with Crippen LogP contribution in [-0.2, 0) is 0 Å². The van der Waals surface area contributed by atoms with Gasteiger partial charge in [-0.1, -0.05) is 0 Å². The Morgan fingerprint density at radius 1 is 1.38 bits per heavy atom. The Kier molecular flexibility index (Phi) is 2.07. The molecule has 1 aromatic carbocycles. The molecule has 0 radical (unpaired) electrons. The fourth-order valence-corrected chi connectivity index (χ4v) is 1.74. The van der Waals surface area contributed by atoms with E-state index in [0.29, 0.717) is 24.7 Å². The predicted molar refractivity (Wildman–Crippen MR) is 51.5 cm³/mol.